The average molecular weight is 251 g/mol. The minimum atomic E-state index is 0.652. The van der Waals surface area contributed by atoms with E-state index in [1.54, 1.807) is 6.20 Å². The van der Waals surface area contributed by atoms with E-state index in [1.165, 1.54) is 0 Å². The zero-order chi connectivity index (χ0) is 13.7. The minimum Gasteiger partial charge on any atom is -0.397 e. The van der Waals surface area contributed by atoms with Gasteiger partial charge in [0.15, 0.2) is 0 Å². The Morgan fingerprint density at radius 3 is 2.74 bits per heavy atom. The number of rotatable bonds is 3. The summed E-state index contributed by atoms with van der Waals surface area (Å²) in [6.07, 6.45) is 7.45. The second-order valence-electron chi connectivity index (χ2n) is 4.28. The molecule has 0 saturated heterocycles. The predicted octanol–water partition coefficient (Wildman–Crippen LogP) is 3.33. The highest BCUT2D eigenvalue weighted by Gasteiger charge is 2.05. The topological polar surface area (TPSA) is 51.8 Å². The zero-order valence-corrected chi connectivity index (χ0v) is 11.2. The Labute approximate surface area is 113 Å². The maximum atomic E-state index is 6.02. The fourth-order valence-corrected chi connectivity index (χ4v) is 1.75. The van der Waals surface area contributed by atoms with Gasteiger partial charge in [-0.1, -0.05) is 18.2 Å². The third-order valence-electron chi connectivity index (χ3n) is 2.66. The SMILES string of the molecule is C/C=C\C=C(/N)c1cc(C)cc(-c2ccccn2)n1. The first kappa shape index (κ1) is 13.0. The summed E-state index contributed by atoms with van der Waals surface area (Å²) in [6, 6.07) is 9.76. The molecular formula is C16H17N3. The van der Waals surface area contributed by atoms with Crippen molar-refractivity contribution in [3.05, 3.63) is 66.0 Å². The monoisotopic (exact) mass is 251 g/mol. The van der Waals surface area contributed by atoms with E-state index in [0.29, 0.717) is 5.70 Å². The Kier molecular flexibility index (Phi) is 4.08. The molecule has 0 spiro atoms. The highest BCUT2D eigenvalue weighted by Crippen LogP contribution is 2.18. The van der Waals surface area contributed by atoms with Gasteiger partial charge >= 0.3 is 0 Å². The Hall–Kier alpha value is -2.42. The Bertz CT molecular complexity index is 613. The fourth-order valence-electron chi connectivity index (χ4n) is 1.75. The molecule has 2 aromatic rings. The molecule has 2 heterocycles. The van der Waals surface area contributed by atoms with Crippen LogP contribution >= 0.6 is 0 Å². The van der Waals surface area contributed by atoms with Crippen LogP contribution in [-0.4, -0.2) is 9.97 Å². The molecule has 0 amide bonds. The molecular weight excluding hydrogens is 234 g/mol. The zero-order valence-electron chi connectivity index (χ0n) is 11.2. The second kappa shape index (κ2) is 5.96. The Morgan fingerprint density at radius 2 is 2.05 bits per heavy atom. The molecule has 0 aliphatic heterocycles. The number of allylic oxidation sites excluding steroid dienone is 3. The molecule has 2 rings (SSSR count). The summed E-state index contributed by atoms with van der Waals surface area (Å²) >= 11 is 0. The van der Waals surface area contributed by atoms with E-state index in [4.69, 9.17) is 5.73 Å². The largest absolute Gasteiger partial charge is 0.397 e. The van der Waals surface area contributed by atoms with Gasteiger partial charge in [0.25, 0.3) is 0 Å². The van der Waals surface area contributed by atoms with E-state index in [1.807, 2.05) is 62.4 Å². The first-order chi connectivity index (χ1) is 9.20. The number of nitrogens with zero attached hydrogens (tertiary/aromatic N) is 2. The second-order valence-corrected chi connectivity index (χ2v) is 4.28. The summed E-state index contributed by atoms with van der Waals surface area (Å²) in [5, 5.41) is 0. The lowest BCUT2D eigenvalue weighted by Crippen LogP contribution is -2.01. The molecule has 0 aliphatic rings. The molecule has 96 valence electrons. The van der Waals surface area contributed by atoms with Crippen LogP contribution in [0.2, 0.25) is 0 Å². The van der Waals surface area contributed by atoms with Crippen molar-refractivity contribution in [1.82, 2.24) is 9.97 Å². The average Bonchev–Trinajstić information content (AvgIpc) is 2.45. The highest BCUT2D eigenvalue weighted by molar-refractivity contribution is 5.65. The van der Waals surface area contributed by atoms with Crippen LogP contribution < -0.4 is 5.73 Å². The number of hydrogen-bond acceptors (Lipinski definition) is 3. The van der Waals surface area contributed by atoms with Crippen molar-refractivity contribution in [3.63, 3.8) is 0 Å². The smallest absolute Gasteiger partial charge is 0.0896 e. The van der Waals surface area contributed by atoms with Crippen LogP contribution in [0.1, 0.15) is 18.2 Å². The standard InChI is InChI=1S/C16H17N3/c1-3-4-7-13(17)15-10-12(2)11-16(19-15)14-8-5-6-9-18-14/h3-11H,17H2,1-2H3/b4-3-,13-7-. The highest BCUT2D eigenvalue weighted by atomic mass is 14.8. The van der Waals surface area contributed by atoms with Crippen molar-refractivity contribution in [3.8, 4) is 11.4 Å². The van der Waals surface area contributed by atoms with Crippen molar-refractivity contribution in [2.24, 2.45) is 5.73 Å². The van der Waals surface area contributed by atoms with Gasteiger partial charge in [-0.05, 0) is 49.8 Å². The molecule has 0 atom stereocenters. The molecule has 0 fully saturated rings. The summed E-state index contributed by atoms with van der Waals surface area (Å²) in [7, 11) is 0. The minimum absolute atomic E-state index is 0.652. The van der Waals surface area contributed by atoms with Crippen LogP contribution in [0.3, 0.4) is 0 Å². The van der Waals surface area contributed by atoms with Crippen molar-refractivity contribution in [1.29, 1.82) is 0 Å². The van der Waals surface area contributed by atoms with E-state index in [9.17, 15) is 0 Å². The molecule has 19 heavy (non-hydrogen) atoms. The van der Waals surface area contributed by atoms with Gasteiger partial charge in [0.1, 0.15) is 0 Å². The molecule has 0 aromatic carbocycles. The van der Waals surface area contributed by atoms with Crippen LogP contribution in [0.25, 0.3) is 17.1 Å². The molecule has 0 aliphatic carbocycles. The normalized spacial score (nSPS) is 12.0. The van der Waals surface area contributed by atoms with Gasteiger partial charge in [0.05, 0.1) is 22.8 Å². The number of hydrogen-bond donors (Lipinski definition) is 1. The maximum Gasteiger partial charge on any atom is 0.0896 e. The lowest BCUT2D eigenvalue weighted by Gasteiger charge is -2.06. The first-order valence-electron chi connectivity index (χ1n) is 6.19. The lowest BCUT2D eigenvalue weighted by molar-refractivity contribution is 1.19. The molecule has 0 unspecified atom stereocenters. The van der Waals surface area contributed by atoms with E-state index in [-0.39, 0.29) is 0 Å². The summed E-state index contributed by atoms with van der Waals surface area (Å²) in [4.78, 5) is 8.88. The van der Waals surface area contributed by atoms with Gasteiger partial charge in [-0.2, -0.15) is 0 Å². The molecule has 0 radical (unpaired) electrons. The van der Waals surface area contributed by atoms with Crippen LogP contribution in [0.15, 0.2) is 54.8 Å². The van der Waals surface area contributed by atoms with Gasteiger partial charge < -0.3 is 5.73 Å². The molecule has 3 heteroatoms. The van der Waals surface area contributed by atoms with Gasteiger partial charge in [-0.15, -0.1) is 0 Å². The van der Waals surface area contributed by atoms with Crippen LogP contribution in [0.5, 0.6) is 0 Å². The number of aryl methyl sites for hydroxylation is 1. The molecule has 2 aromatic heterocycles. The summed E-state index contributed by atoms with van der Waals surface area (Å²) in [6.45, 7) is 3.98. The number of pyridine rings is 2. The van der Waals surface area contributed by atoms with E-state index >= 15 is 0 Å². The van der Waals surface area contributed by atoms with Gasteiger partial charge in [0, 0.05) is 6.20 Å². The van der Waals surface area contributed by atoms with Gasteiger partial charge in [-0.25, -0.2) is 4.98 Å². The lowest BCUT2D eigenvalue weighted by atomic mass is 10.1. The molecule has 3 nitrogen and oxygen atoms in total. The summed E-state index contributed by atoms with van der Waals surface area (Å²) in [5.41, 5.74) is 10.3. The maximum absolute atomic E-state index is 6.02. The molecule has 0 saturated carbocycles. The van der Waals surface area contributed by atoms with Crippen molar-refractivity contribution < 1.29 is 0 Å². The van der Waals surface area contributed by atoms with E-state index < -0.39 is 0 Å². The quantitative estimate of drug-likeness (QED) is 0.851. The third kappa shape index (κ3) is 3.28. The number of aromatic nitrogens is 2. The molecule has 2 N–H and O–H groups in total. The first-order valence-corrected chi connectivity index (χ1v) is 6.19. The van der Waals surface area contributed by atoms with Gasteiger partial charge in [-0.3, -0.25) is 4.98 Å². The Morgan fingerprint density at radius 1 is 1.21 bits per heavy atom. The van der Waals surface area contributed by atoms with Crippen molar-refractivity contribution in [2.75, 3.05) is 0 Å². The van der Waals surface area contributed by atoms with Crippen LogP contribution in [0.4, 0.5) is 0 Å². The summed E-state index contributed by atoms with van der Waals surface area (Å²) < 4.78 is 0. The summed E-state index contributed by atoms with van der Waals surface area (Å²) in [5.74, 6) is 0. The predicted molar refractivity (Wildman–Crippen MR) is 79.2 cm³/mol. The van der Waals surface area contributed by atoms with Gasteiger partial charge in [0.2, 0.25) is 0 Å². The Balaban J connectivity index is 2.46. The van der Waals surface area contributed by atoms with E-state index in [2.05, 4.69) is 9.97 Å². The van der Waals surface area contributed by atoms with Crippen molar-refractivity contribution >= 4 is 5.70 Å². The van der Waals surface area contributed by atoms with E-state index in [0.717, 1.165) is 22.6 Å². The third-order valence-corrected chi connectivity index (χ3v) is 2.66. The fraction of sp³-hybridized carbons (Fsp3) is 0.125. The van der Waals surface area contributed by atoms with Crippen LogP contribution in [0, 0.1) is 6.92 Å². The molecule has 0 bridgehead atoms. The number of nitrogens with two attached hydrogens (primary N) is 1. The van der Waals surface area contributed by atoms with Crippen molar-refractivity contribution in [2.45, 2.75) is 13.8 Å². The van der Waals surface area contributed by atoms with Crippen LogP contribution in [-0.2, 0) is 0 Å².